The smallest absolute Gasteiger partial charge is 0.188 e. The summed E-state index contributed by atoms with van der Waals surface area (Å²) in [5, 5.41) is 3.78. The average Bonchev–Trinajstić information content (AvgIpc) is 2.80. The average molecular weight is 327 g/mol. The van der Waals surface area contributed by atoms with Gasteiger partial charge in [-0.05, 0) is 30.7 Å². The van der Waals surface area contributed by atoms with Crippen LogP contribution in [0.5, 0.6) is 0 Å². The maximum absolute atomic E-state index is 13.4. The largest absolute Gasteiger partial charge is 0.331 e. The number of hydrogen-bond donors (Lipinski definition) is 1. The fourth-order valence-corrected chi connectivity index (χ4v) is 3.34. The van der Waals surface area contributed by atoms with Gasteiger partial charge in [-0.2, -0.15) is 0 Å². The van der Waals surface area contributed by atoms with Crippen LogP contribution in [0, 0.1) is 12.7 Å². The maximum Gasteiger partial charge on any atom is 0.188 e. The van der Waals surface area contributed by atoms with Gasteiger partial charge in [-0.25, -0.2) is 9.37 Å². The minimum Gasteiger partial charge on any atom is -0.331 e. The molecule has 0 saturated carbocycles. The summed E-state index contributed by atoms with van der Waals surface area (Å²) in [6, 6.07) is 8.99. The van der Waals surface area contributed by atoms with Crippen molar-refractivity contribution < 1.29 is 4.39 Å². The molecule has 6 heteroatoms. The summed E-state index contributed by atoms with van der Waals surface area (Å²) in [6.45, 7) is 2.01. The van der Waals surface area contributed by atoms with Crippen molar-refractivity contribution in [3.05, 3.63) is 51.8 Å². The van der Waals surface area contributed by atoms with Gasteiger partial charge in [-0.15, -0.1) is 0 Å². The van der Waals surface area contributed by atoms with Crippen molar-refractivity contribution >= 4 is 55.6 Å². The Bertz CT molecular complexity index is 778. The van der Waals surface area contributed by atoms with Crippen molar-refractivity contribution in [1.82, 2.24) is 4.98 Å². The Balaban J connectivity index is 1.99. The van der Waals surface area contributed by atoms with Crippen LogP contribution >= 0.6 is 34.5 Å². The summed E-state index contributed by atoms with van der Waals surface area (Å²) in [7, 11) is 0. The zero-order valence-electron chi connectivity index (χ0n) is 10.4. The normalized spacial score (nSPS) is 11.0. The first kappa shape index (κ1) is 13.6. The standard InChI is InChI=1S/C14H9Cl2FN2S/c1-7-3-2-4-11-13(7)19-14(20-11)18-8-5-9(15)12(17)10(16)6-8/h2-6H,1H3,(H,18,19). The summed E-state index contributed by atoms with van der Waals surface area (Å²) in [4.78, 5) is 4.52. The van der Waals surface area contributed by atoms with Crippen LogP contribution in [0.4, 0.5) is 15.2 Å². The minimum atomic E-state index is -0.612. The number of para-hydroxylation sites is 1. The highest BCUT2D eigenvalue weighted by atomic mass is 35.5. The highest BCUT2D eigenvalue weighted by Gasteiger charge is 2.10. The van der Waals surface area contributed by atoms with Gasteiger partial charge in [0.1, 0.15) is 0 Å². The second kappa shape index (κ2) is 5.20. The zero-order valence-corrected chi connectivity index (χ0v) is 12.7. The Labute approximate surface area is 129 Å². The SMILES string of the molecule is Cc1cccc2sc(Nc3cc(Cl)c(F)c(Cl)c3)nc12. The van der Waals surface area contributed by atoms with Crippen LogP contribution in [0.1, 0.15) is 5.56 Å². The molecule has 1 N–H and O–H groups in total. The molecule has 0 aliphatic carbocycles. The Morgan fingerprint density at radius 2 is 1.90 bits per heavy atom. The Kier molecular flexibility index (Phi) is 3.54. The number of aromatic nitrogens is 1. The third kappa shape index (κ3) is 2.46. The summed E-state index contributed by atoms with van der Waals surface area (Å²) in [6.07, 6.45) is 0. The molecule has 3 rings (SSSR count). The van der Waals surface area contributed by atoms with Crippen molar-refractivity contribution in [2.75, 3.05) is 5.32 Å². The third-order valence-corrected chi connectivity index (χ3v) is 4.34. The highest BCUT2D eigenvalue weighted by molar-refractivity contribution is 7.22. The van der Waals surface area contributed by atoms with Crippen molar-refractivity contribution in [2.45, 2.75) is 6.92 Å². The van der Waals surface area contributed by atoms with Crippen LogP contribution in [-0.4, -0.2) is 4.98 Å². The van der Waals surface area contributed by atoms with E-state index in [4.69, 9.17) is 23.2 Å². The van der Waals surface area contributed by atoms with Crippen LogP contribution < -0.4 is 5.32 Å². The van der Waals surface area contributed by atoms with Crippen LogP contribution in [-0.2, 0) is 0 Å². The molecule has 2 aromatic carbocycles. The zero-order chi connectivity index (χ0) is 14.3. The van der Waals surface area contributed by atoms with Crippen LogP contribution in [0.25, 0.3) is 10.2 Å². The van der Waals surface area contributed by atoms with E-state index in [9.17, 15) is 4.39 Å². The molecule has 0 fully saturated rings. The Morgan fingerprint density at radius 3 is 2.55 bits per heavy atom. The Morgan fingerprint density at radius 1 is 1.20 bits per heavy atom. The summed E-state index contributed by atoms with van der Waals surface area (Å²) < 4.78 is 14.5. The molecule has 0 atom stereocenters. The highest BCUT2D eigenvalue weighted by Crippen LogP contribution is 2.33. The van der Waals surface area contributed by atoms with E-state index >= 15 is 0 Å². The third-order valence-electron chi connectivity index (χ3n) is 2.86. The molecule has 0 aliphatic heterocycles. The molecule has 2 nitrogen and oxygen atoms in total. The van der Waals surface area contributed by atoms with Gasteiger partial charge in [-0.1, -0.05) is 46.7 Å². The number of fused-ring (bicyclic) bond motifs is 1. The molecular weight excluding hydrogens is 318 g/mol. The first-order valence-electron chi connectivity index (χ1n) is 5.82. The van der Waals surface area contributed by atoms with Gasteiger partial charge in [0.05, 0.1) is 20.3 Å². The van der Waals surface area contributed by atoms with Crippen LogP contribution in [0.2, 0.25) is 10.0 Å². The predicted octanol–water partition coefficient (Wildman–Crippen LogP) is 5.79. The fraction of sp³-hybridized carbons (Fsp3) is 0.0714. The molecule has 0 saturated heterocycles. The number of rotatable bonds is 2. The van der Waals surface area contributed by atoms with Gasteiger partial charge < -0.3 is 5.32 Å². The molecule has 0 bridgehead atoms. The van der Waals surface area contributed by atoms with E-state index in [0.717, 1.165) is 15.8 Å². The predicted molar refractivity (Wildman–Crippen MR) is 84.1 cm³/mol. The van der Waals surface area contributed by atoms with Gasteiger partial charge in [0.25, 0.3) is 0 Å². The lowest BCUT2D eigenvalue weighted by molar-refractivity contribution is 0.629. The van der Waals surface area contributed by atoms with Crippen LogP contribution in [0.15, 0.2) is 30.3 Å². The lowest BCUT2D eigenvalue weighted by Crippen LogP contribution is -1.91. The first-order chi connectivity index (χ1) is 9.54. The van der Waals surface area contributed by atoms with E-state index < -0.39 is 5.82 Å². The second-order valence-corrected chi connectivity index (χ2v) is 6.16. The number of nitrogens with one attached hydrogen (secondary N) is 1. The van der Waals surface area contributed by atoms with E-state index in [2.05, 4.69) is 10.3 Å². The molecule has 20 heavy (non-hydrogen) atoms. The molecule has 1 aromatic heterocycles. The van der Waals surface area contributed by atoms with E-state index in [1.807, 2.05) is 25.1 Å². The van der Waals surface area contributed by atoms with Crippen LogP contribution in [0.3, 0.4) is 0 Å². The molecule has 3 aromatic rings. The molecular formula is C14H9Cl2FN2S. The lowest BCUT2D eigenvalue weighted by atomic mass is 10.2. The number of aryl methyl sites for hydroxylation is 1. The van der Waals surface area contributed by atoms with E-state index in [0.29, 0.717) is 10.8 Å². The van der Waals surface area contributed by atoms with Gasteiger partial charge in [0.15, 0.2) is 10.9 Å². The maximum atomic E-state index is 13.4. The van der Waals surface area contributed by atoms with Crippen molar-refractivity contribution in [2.24, 2.45) is 0 Å². The van der Waals surface area contributed by atoms with Gasteiger partial charge in [0, 0.05) is 5.69 Å². The summed E-state index contributed by atoms with van der Waals surface area (Å²) >= 11 is 13.1. The molecule has 0 unspecified atom stereocenters. The van der Waals surface area contributed by atoms with Crippen molar-refractivity contribution in [3.63, 3.8) is 0 Å². The lowest BCUT2D eigenvalue weighted by Gasteiger charge is -2.05. The number of anilines is 2. The van der Waals surface area contributed by atoms with E-state index in [-0.39, 0.29) is 10.0 Å². The number of nitrogens with zero attached hydrogens (tertiary/aromatic N) is 1. The first-order valence-corrected chi connectivity index (χ1v) is 7.39. The monoisotopic (exact) mass is 326 g/mol. The van der Waals surface area contributed by atoms with Crippen molar-refractivity contribution in [3.8, 4) is 0 Å². The van der Waals surface area contributed by atoms with E-state index in [1.54, 1.807) is 0 Å². The number of hydrogen-bond acceptors (Lipinski definition) is 3. The molecule has 0 radical (unpaired) electrons. The van der Waals surface area contributed by atoms with Crippen molar-refractivity contribution in [1.29, 1.82) is 0 Å². The number of halogens is 3. The van der Waals surface area contributed by atoms with Gasteiger partial charge >= 0.3 is 0 Å². The fourth-order valence-electron chi connectivity index (χ4n) is 1.89. The molecule has 0 amide bonds. The molecule has 1 heterocycles. The second-order valence-electron chi connectivity index (χ2n) is 4.32. The summed E-state index contributed by atoms with van der Waals surface area (Å²) in [5.74, 6) is -0.612. The molecule has 0 aliphatic rings. The number of benzene rings is 2. The number of thiazole rings is 1. The quantitative estimate of drug-likeness (QED) is 0.602. The van der Waals surface area contributed by atoms with Gasteiger partial charge in [0.2, 0.25) is 0 Å². The minimum absolute atomic E-state index is 0.0164. The molecule has 0 spiro atoms. The van der Waals surface area contributed by atoms with Gasteiger partial charge in [-0.3, -0.25) is 0 Å². The summed E-state index contributed by atoms with van der Waals surface area (Å²) in [5.41, 5.74) is 2.68. The topological polar surface area (TPSA) is 24.9 Å². The Hall–Kier alpha value is -1.36. The molecule has 102 valence electrons. The van der Waals surface area contributed by atoms with E-state index in [1.165, 1.54) is 23.5 Å².